The molecule has 21 heavy (non-hydrogen) atoms. The van der Waals surface area contributed by atoms with Crippen LogP contribution in [0.2, 0.25) is 5.02 Å². The minimum Gasteiger partial charge on any atom is -0.398 e. The summed E-state index contributed by atoms with van der Waals surface area (Å²) in [6.07, 6.45) is 0. The highest BCUT2D eigenvalue weighted by molar-refractivity contribution is 6.30. The van der Waals surface area contributed by atoms with Crippen LogP contribution in [0.1, 0.15) is 11.1 Å². The van der Waals surface area contributed by atoms with Crippen LogP contribution in [0.15, 0.2) is 36.4 Å². The molecule has 3 rings (SSSR count). The maximum absolute atomic E-state index is 6.08. The summed E-state index contributed by atoms with van der Waals surface area (Å²) in [5.41, 5.74) is 10.5. The number of hydrogen-bond acceptors (Lipinski definition) is 4. The second kappa shape index (κ2) is 5.18. The first-order valence-electron chi connectivity index (χ1n) is 6.47. The number of halogens is 1. The van der Waals surface area contributed by atoms with Gasteiger partial charge in [0.15, 0.2) is 5.82 Å². The van der Waals surface area contributed by atoms with Gasteiger partial charge in [0.05, 0.1) is 5.69 Å². The van der Waals surface area contributed by atoms with E-state index in [-0.39, 0.29) is 0 Å². The molecule has 0 aliphatic heterocycles. The third-order valence-corrected chi connectivity index (χ3v) is 3.55. The zero-order chi connectivity index (χ0) is 15.0. The van der Waals surface area contributed by atoms with E-state index in [0.717, 1.165) is 22.4 Å². The van der Waals surface area contributed by atoms with E-state index in [9.17, 15) is 0 Å². The second-order valence-corrected chi connectivity index (χ2v) is 5.37. The first kappa shape index (κ1) is 13.6. The Balaban J connectivity index is 2.22. The van der Waals surface area contributed by atoms with Crippen molar-refractivity contribution in [3.05, 3.63) is 52.5 Å². The number of tetrazole rings is 1. The van der Waals surface area contributed by atoms with Crippen molar-refractivity contribution < 1.29 is 0 Å². The number of hydrogen-bond donors (Lipinski definition) is 1. The number of rotatable bonds is 2. The summed E-state index contributed by atoms with van der Waals surface area (Å²) < 4.78 is 1.66. The van der Waals surface area contributed by atoms with E-state index in [4.69, 9.17) is 17.3 Å². The average Bonchev–Trinajstić information content (AvgIpc) is 2.93. The summed E-state index contributed by atoms with van der Waals surface area (Å²) in [6, 6.07) is 11.4. The molecule has 0 bridgehead atoms. The number of nitrogen functional groups attached to an aromatic ring is 1. The van der Waals surface area contributed by atoms with Gasteiger partial charge >= 0.3 is 0 Å². The van der Waals surface area contributed by atoms with E-state index in [1.807, 2.05) is 50.2 Å². The van der Waals surface area contributed by atoms with Gasteiger partial charge in [-0.25, -0.2) is 0 Å². The number of anilines is 1. The van der Waals surface area contributed by atoms with E-state index in [1.165, 1.54) is 0 Å². The molecule has 1 heterocycles. The molecule has 0 saturated heterocycles. The Bertz CT molecular complexity index is 744. The van der Waals surface area contributed by atoms with Crippen LogP contribution in [-0.2, 0) is 0 Å². The van der Waals surface area contributed by atoms with Crippen molar-refractivity contribution >= 4 is 17.3 Å². The van der Waals surface area contributed by atoms with Crippen LogP contribution < -0.4 is 5.73 Å². The van der Waals surface area contributed by atoms with Crippen LogP contribution in [0.3, 0.4) is 0 Å². The zero-order valence-electron chi connectivity index (χ0n) is 11.7. The van der Waals surface area contributed by atoms with Crippen LogP contribution in [0.5, 0.6) is 0 Å². The predicted octanol–water partition coefficient (Wildman–Crippen LogP) is 3.18. The van der Waals surface area contributed by atoms with Crippen LogP contribution in [0, 0.1) is 13.8 Å². The van der Waals surface area contributed by atoms with E-state index >= 15 is 0 Å². The van der Waals surface area contributed by atoms with E-state index < -0.39 is 0 Å². The fourth-order valence-corrected chi connectivity index (χ4v) is 2.36. The Labute approximate surface area is 127 Å². The molecule has 106 valence electrons. The quantitative estimate of drug-likeness (QED) is 0.738. The Morgan fingerprint density at radius 3 is 2.71 bits per heavy atom. The summed E-state index contributed by atoms with van der Waals surface area (Å²) in [5.74, 6) is 0.599. The molecule has 1 aromatic heterocycles. The lowest BCUT2D eigenvalue weighted by atomic mass is 10.1. The van der Waals surface area contributed by atoms with Crippen LogP contribution in [0.4, 0.5) is 5.69 Å². The van der Waals surface area contributed by atoms with Crippen molar-refractivity contribution in [3.8, 4) is 17.1 Å². The molecule has 5 nitrogen and oxygen atoms in total. The van der Waals surface area contributed by atoms with Crippen molar-refractivity contribution in [1.82, 2.24) is 20.2 Å². The van der Waals surface area contributed by atoms with Crippen LogP contribution >= 0.6 is 11.6 Å². The summed E-state index contributed by atoms with van der Waals surface area (Å²) in [4.78, 5) is 0. The first-order valence-corrected chi connectivity index (χ1v) is 6.85. The van der Waals surface area contributed by atoms with Gasteiger partial charge in [-0.2, -0.15) is 4.68 Å². The summed E-state index contributed by atoms with van der Waals surface area (Å²) >= 11 is 6.08. The van der Waals surface area contributed by atoms with Crippen molar-refractivity contribution in [2.75, 3.05) is 5.73 Å². The van der Waals surface area contributed by atoms with Gasteiger partial charge in [0.1, 0.15) is 0 Å². The molecule has 0 saturated carbocycles. The highest BCUT2D eigenvalue weighted by Crippen LogP contribution is 2.28. The number of nitrogens with two attached hydrogens (primary N) is 1. The molecule has 6 heteroatoms. The van der Waals surface area contributed by atoms with Gasteiger partial charge in [-0.05, 0) is 54.1 Å². The topological polar surface area (TPSA) is 69.6 Å². The standard InChI is InChI=1S/C15H14ClN5/c1-9-3-6-13(17)12(7-9)15-18-19-20-21(15)14-8-11(16)5-4-10(14)2/h3-8H,17H2,1-2H3. The van der Waals surface area contributed by atoms with Crippen LogP contribution in [-0.4, -0.2) is 20.2 Å². The molecule has 0 unspecified atom stereocenters. The maximum Gasteiger partial charge on any atom is 0.189 e. The number of aryl methyl sites for hydroxylation is 2. The summed E-state index contributed by atoms with van der Waals surface area (Å²) in [6.45, 7) is 3.98. The van der Waals surface area contributed by atoms with Gasteiger partial charge in [0, 0.05) is 16.3 Å². The average molecular weight is 300 g/mol. The minimum absolute atomic E-state index is 0.599. The molecule has 0 aliphatic rings. The normalized spacial score (nSPS) is 10.8. The van der Waals surface area contributed by atoms with Crippen molar-refractivity contribution in [1.29, 1.82) is 0 Å². The number of nitrogens with zero attached hydrogens (tertiary/aromatic N) is 4. The Morgan fingerprint density at radius 2 is 1.90 bits per heavy atom. The van der Waals surface area contributed by atoms with E-state index in [0.29, 0.717) is 16.5 Å². The smallest absolute Gasteiger partial charge is 0.189 e. The maximum atomic E-state index is 6.08. The van der Waals surface area contributed by atoms with Gasteiger partial charge in [-0.15, -0.1) is 5.10 Å². The Kier molecular flexibility index (Phi) is 3.35. The molecule has 0 amide bonds. The molecular formula is C15H14ClN5. The molecule has 0 aliphatic carbocycles. The second-order valence-electron chi connectivity index (χ2n) is 4.94. The van der Waals surface area contributed by atoms with Crippen molar-refractivity contribution in [2.45, 2.75) is 13.8 Å². The van der Waals surface area contributed by atoms with Gasteiger partial charge < -0.3 is 5.73 Å². The van der Waals surface area contributed by atoms with Crippen molar-refractivity contribution in [3.63, 3.8) is 0 Å². The lowest BCUT2D eigenvalue weighted by molar-refractivity contribution is 0.787. The van der Waals surface area contributed by atoms with Gasteiger partial charge in [0.25, 0.3) is 0 Å². The molecule has 0 radical (unpaired) electrons. The van der Waals surface area contributed by atoms with Crippen molar-refractivity contribution in [2.24, 2.45) is 0 Å². The summed E-state index contributed by atoms with van der Waals surface area (Å²) in [7, 11) is 0. The number of aromatic nitrogens is 4. The Morgan fingerprint density at radius 1 is 1.10 bits per heavy atom. The largest absolute Gasteiger partial charge is 0.398 e. The molecule has 0 atom stereocenters. The van der Waals surface area contributed by atoms with Gasteiger partial charge in [-0.1, -0.05) is 29.3 Å². The molecule has 2 N–H and O–H groups in total. The van der Waals surface area contributed by atoms with Gasteiger partial charge in [0.2, 0.25) is 0 Å². The van der Waals surface area contributed by atoms with Crippen LogP contribution in [0.25, 0.3) is 17.1 Å². The predicted molar refractivity (Wildman–Crippen MR) is 83.5 cm³/mol. The SMILES string of the molecule is Cc1ccc(N)c(-c2nnnn2-c2cc(Cl)ccc2C)c1. The highest BCUT2D eigenvalue weighted by atomic mass is 35.5. The Hall–Kier alpha value is -2.40. The monoisotopic (exact) mass is 299 g/mol. The highest BCUT2D eigenvalue weighted by Gasteiger charge is 2.15. The molecular weight excluding hydrogens is 286 g/mol. The third-order valence-electron chi connectivity index (χ3n) is 3.32. The number of benzene rings is 2. The van der Waals surface area contributed by atoms with E-state index in [2.05, 4.69) is 15.5 Å². The minimum atomic E-state index is 0.599. The van der Waals surface area contributed by atoms with Gasteiger partial charge in [-0.3, -0.25) is 0 Å². The molecule has 0 fully saturated rings. The van der Waals surface area contributed by atoms with E-state index in [1.54, 1.807) is 4.68 Å². The summed E-state index contributed by atoms with van der Waals surface area (Å²) in [5, 5.41) is 12.6. The fraction of sp³-hybridized carbons (Fsp3) is 0.133. The lowest BCUT2D eigenvalue weighted by Gasteiger charge is -2.10. The zero-order valence-corrected chi connectivity index (χ0v) is 12.5. The molecule has 3 aromatic rings. The lowest BCUT2D eigenvalue weighted by Crippen LogP contribution is -2.03. The first-order chi connectivity index (χ1) is 10.1. The third kappa shape index (κ3) is 2.48. The molecule has 2 aromatic carbocycles. The fourth-order valence-electron chi connectivity index (χ4n) is 2.19. The molecule has 0 spiro atoms.